The average Bonchev–Trinajstić information content (AvgIpc) is 2.72. The minimum atomic E-state index is 0.00807. The van der Waals surface area contributed by atoms with Gasteiger partial charge in [-0.25, -0.2) is 0 Å². The number of benzene rings is 1. The highest BCUT2D eigenvalue weighted by Crippen LogP contribution is 2.28. The van der Waals surface area contributed by atoms with Crippen LogP contribution < -0.4 is 10.6 Å². The molecule has 0 spiro atoms. The third kappa shape index (κ3) is 2.40. The molecule has 4 nitrogen and oxygen atoms in total. The predicted octanol–water partition coefficient (Wildman–Crippen LogP) is 0.680. The summed E-state index contributed by atoms with van der Waals surface area (Å²) < 4.78 is 5.76. The van der Waals surface area contributed by atoms with Gasteiger partial charge in [-0.3, -0.25) is 4.79 Å². The van der Waals surface area contributed by atoms with E-state index in [0.29, 0.717) is 6.54 Å². The van der Waals surface area contributed by atoms with Gasteiger partial charge < -0.3 is 15.4 Å². The molecule has 0 aromatic heterocycles. The monoisotopic (exact) mass is 246 g/mol. The van der Waals surface area contributed by atoms with Gasteiger partial charge in [0.15, 0.2) is 0 Å². The molecule has 0 aliphatic carbocycles. The fraction of sp³-hybridized carbons (Fsp3) is 0.500. The first kappa shape index (κ1) is 11.7. The van der Waals surface area contributed by atoms with Crippen molar-refractivity contribution < 1.29 is 9.53 Å². The third-order valence-electron chi connectivity index (χ3n) is 3.70. The first-order chi connectivity index (χ1) is 8.83. The molecule has 1 amide bonds. The highest BCUT2D eigenvalue weighted by atomic mass is 16.5. The second-order valence-electron chi connectivity index (χ2n) is 5.00. The second-order valence-corrected chi connectivity index (χ2v) is 5.00. The van der Waals surface area contributed by atoms with E-state index in [1.807, 2.05) is 30.3 Å². The molecule has 18 heavy (non-hydrogen) atoms. The summed E-state index contributed by atoms with van der Waals surface area (Å²) >= 11 is 0. The maximum absolute atomic E-state index is 12.1. The summed E-state index contributed by atoms with van der Waals surface area (Å²) in [5, 5.41) is 6.31. The number of carbonyl (C=O) groups is 1. The molecule has 1 aromatic carbocycles. The number of ether oxygens (including phenoxy) is 1. The molecule has 0 unspecified atom stereocenters. The largest absolute Gasteiger partial charge is 0.371 e. The van der Waals surface area contributed by atoms with Crippen LogP contribution in [-0.4, -0.2) is 31.2 Å². The standard InChI is InChI=1S/C14H18N2O2/c17-14(16-7-10-4-2-1-3-5-10)12-6-11-8-15-9-13(12)18-11/h1-5,11-13,15H,6-9H2,(H,16,17)/t11-,12-,13+/m0/s1. The van der Waals surface area contributed by atoms with Gasteiger partial charge in [0.05, 0.1) is 18.1 Å². The summed E-state index contributed by atoms with van der Waals surface area (Å²) in [6.45, 7) is 2.26. The summed E-state index contributed by atoms with van der Waals surface area (Å²) in [6.07, 6.45) is 1.12. The Labute approximate surface area is 107 Å². The zero-order valence-electron chi connectivity index (χ0n) is 10.3. The highest BCUT2D eigenvalue weighted by Gasteiger charge is 2.41. The molecular formula is C14H18N2O2. The van der Waals surface area contributed by atoms with E-state index in [-0.39, 0.29) is 24.0 Å². The Morgan fingerprint density at radius 1 is 1.33 bits per heavy atom. The van der Waals surface area contributed by atoms with Crippen LogP contribution in [0.25, 0.3) is 0 Å². The van der Waals surface area contributed by atoms with Crippen LogP contribution >= 0.6 is 0 Å². The molecular weight excluding hydrogens is 228 g/mol. The molecule has 4 heteroatoms. The van der Waals surface area contributed by atoms with E-state index in [1.165, 1.54) is 0 Å². The van der Waals surface area contributed by atoms with Crippen molar-refractivity contribution in [3.63, 3.8) is 0 Å². The Morgan fingerprint density at radius 3 is 2.94 bits per heavy atom. The summed E-state index contributed by atoms with van der Waals surface area (Å²) in [4.78, 5) is 12.1. The van der Waals surface area contributed by atoms with E-state index in [0.717, 1.165) is 25.1 Å². The summed E-state index contributed by atoms with van der Waals surface area (Å²) in [6, 6.07) is 9.98. The van der Waals surface area contributed by atoms with Crippen molar-refractivity contribution >= 4 is 5.91 Å². The Balaban J connectivity index is 1.56. The fourth-order valence-corrected chi connectivity index (χ4v) is 2.73. The van der Waals surface area contributed by atoms with Gasteiger partial charge in [-0.15, -0.1) is 0 Å². The van der Waals surface area contributed by atoms with Crippen LogP contribution in [0.1, 0.15) is 12.0 Å². The molecule has 2 bridgehead atoms. The number of hydrogen-bond donors (Lipinski definition) is 2. The van der Waals surface area contributed by atoms with Gasteiger partial charge in [0, 0.05) is 19.6 Å². The van der Waals surface area contributed by atoms with Crippen molar-refractivity contribution in [2.45, 2.75) is 25.2 Å². The zero-order valence-corrected chi connectivity index (χ0v) is 10.3. The lowest BCUT2D eigenvalue weighted by atomic mass is 9.99. The summed E-state index contributed by atoms with van der Waals surface area (Å²) in [7, 11) is 0. The summed E-state index contributed by atoms with van der Waals surface area (Å²) in [5.74, 6) is 0.128. The molecule has 1 aromatic rings. The predicted molar refractivity (Wildman–Crippen MR) is 67.9 cm³/mol. The highest BCUT2D eigenvalue weighted by molar-refractivity contribution is 5.79. The molecule has 2 aliphatic heterocycles. The molecule has 2 fully saturated rings. The summed E-state index contributed by atoms with van der Waals surface area (Å²) in [5.41, 5.74) is 1.13. The second kappa shape index (κ2) is 5.08. The van der Waals surface area contributed by atoms with Crippen LogP contribution in [0.15, 0.2) is 30.3 Å². The van der Waals surface area contributed by atoms with E-state index in [9.17, 15) is 4.79 Å². The van der Waals surface area contributed by atoms with Crippen molar-refractivity contribution in [2.75, 3.05) is 13.1 Å². The first-order valence-electron chi connectivity index (χ1n) is 6.51. The Hall–Kier alpha value is -1.39. The Bertz CT molecular complexity index is 421. The quantitative estimate of drug-likeness (QED) is 0.824. The number of fused-ring (bicyclic) bond motifs is 2. The lowest BCUT2D eigenvalue weighted by Crippen LogP contribution is -2.42. The molecule has 0 radical (unpaired) electrons. The normalized spacial score (nSPS) is 30.1. The van der Waals surface area contributed by atoms with Crippen LogP contribution in [0, 0.1) is 5.92 Å². The van der Waals surface area contributed by atoms with Crippen molar-refractivity contribution in [3.8, 4) is 0 Å². The zero-order chi connectivity index (χ0) is 12.4. The van der Waals surface area contributed by atoms with E-state index in [2.05, 4.69) is 10.6 Å². The number of hydrogen-bond acceptors (Lipinski definition) is 3. The van der Waals surface area contributed by atoms with Crippen LogP contribution in [0.5, 0.6) is 0 Å². The van der Waals surface area contributed by atoms with Crippen molar-refractivity contribution in [3.05, 3.63) is 35.9 Å². The molecule has 3 atom stereocenters. The molecule has 96 valence electrons. The number of amides is 1. The van der Waals surface area contributed by atoms with Crippen molar-refractivity contribution in [2.24, 2.45) is 5.92 Å². The number of nitrogens with one attached hydrogen (secondary N) is 2. The molecule has 2 saturated heterocycles. The minimum Gasteiger partial charge on any atom is -0.371 e. The fourth-order valence-electron chi connectivity index (χ4n) is 2.73. The Morgan fingerprint density at radius 2 is 2.17 bits per heavy atom. The number of carbonyl (C=O) groups excluding carboxylic acids is 1. The lowest BCUT2D eigenvalue weighted by molar-refractivity contribution is -0.127. The van der Waals surface area contributed by atoms with Gasteiger partial charge in [-0.05, 0) is 12.0 Å². The smallest absolute Gasteiger partial charge is 0.226 e. The van der Waals surface area contributed by atoms with E-state index in [4.69, 9.17) is 4.74 Å². The lowest BCUT2D eigenvalue weighted by Gasteiger charge is -2.22. The Kier molecular flexibility index (Phi) is 3.30. The number of rotatable bonds is 3. The van der Waals surface area contributed by atoms with Crippen LogP contribution in [0.2, 0.25) is 0 Å². The maximum atomic E-state index is 12.1. The van der Waals surface area contributed by atoms with E-state index >= 15 is 0 Å². The topological polar surface area (TPSA) is 50.4 Å². The van der Waals surface area contributed by atoms with Gasteiger partial charge in [0.1, 0.15) is 0 Å². The van der Waals surface area contributed by atoms with Crippen molar-refractivity contribution in [1.29, 1.82) is 0 Å². The van der Waals surface area contributed by atoms with Crippen LogP contribution in [0.3, 0.4) is 0 Å². The van der Waals surface area contributed by atoms with E-state index < -0.39 is 0 Å². The SMILES string of the molecule is O=C(NCc1ccccc1)[C@H]1C[C@H]2CNC[C@H]1O2. The van der Waals surface area contributed by atoms with Gasteiger partial charge in [0.25, 0.3) is 0 Å². The maximum Gasteiger partial charge on any atom is 0.226 e. The van der Waals surface area contributed by atoms with Crippen LogP contribution in [0.4, 0.5) is 0 Å². The van der Waals surface area contributed by atoms with E-state index in [1.54, 1.807) is 0 Å². The molecule has 3 rings (SSSR count). The van der Waals surface area contributed by atoms with Gasteiger partial charge in [-0.2, -0.15) is 0 Å². The molecule has 2 aliphatic rings. The number of morpholine rings is 1. The van der Waals surface area contributed by atoms with Gasteiger partial charge >= 0.3 is 0 Å². The minimum absolute atomic E-state index is 0.00807. The first-order valence-corrected chi connectivity index (χ1v) is 6.51. The molecule has 2 heterocycles. The third-order valence-corrected chi connectivity index (χ3v) is 3.70. The van der Waals surface area contributed by atoms with Gasteiger partial charge in [0.2, 0.25) is 5.91 Å². The van der Waals surface area contributed by atoms with Crippen molar-refractivity contribution in [1.82, 2.24) is 10.6 Å². The van der Waals surface area contributed by atoms with Gasteiger partial charge in [-0.1, -0.05) is 30.3 Å². The van der Waals surface area contributed by atoms with Crippen LogP contribution in [-0.2, 0) is 16.1 Å². The molecule has 2 N–H and O–H groups in total. The molecule has 0 saturated carbocycles. The average molecular weight is 246 g/mol.